The Morgan fingerprint density at radius 3 is 2.33 bits per heavy atom. The fraction of sp³-hybridized carbons (Fsp3) is 0.231. The molecule has 2 atom stereocenters. The van der Waals surface area contributed by atoms with Crippen molar-refractivity contribution in [1.29, 1.82) is 0 Å². The first-order chi connectivity index (χ1) is 16.3. The highest BCUT2D eigenvalue weighted by atomic mass is 16.2. The third kappa shape index (κ3) is 3.65. The van der Waals surface area contributed by atoms with Gasteiger partial charge in [0.05, 0.1) is 16.9 Å². The van der Waals surface area contributed by atoms with E-state index in [2.05, 4.69) is 27.1 Å². The Hall–Kier alpha value is -4.00. The Morgan fingerprint density at radius 1 is 0.818 bits per heavy atom. The predicted octanol–water partition coefficient (Wildman–Crippen LogP) is 3.54. The van der Waals surface area contributed by atoms with E-state index in [1.807, 2.05) is 71.9 Å². The van der Waals surface area contributed by atoms with Crippen molar-refractivity contribution in [1.82, 2.24) is 24.6 Å². The van der Waals surface area contributed by atoms with Crippen LogP contribution in [0.4, 0.5) is 5.95 Å². The molecule has 6 rings (SSSR count). The van der Waals surface area contributed by atoms with Gasteiger partial charge in [0.25, 0.3) is 5.91 Å². The number of hydrogen-bond donors (Lipinski definition) is 0. The molecule has 0 bridgehead atoms. The Balaban J connectivity index is 1.17. The topological polar surface area (TPSA) is 67.2 Å². The number of carbonyl (C=O) groups excluding carboxylic acids is 1. The van der Waals surface area contributed by atoms with E-state index in [0.29, 0.717) is 17.4 Å². The molecule has 4 heterocycles. The lowest BCUT2D eigenvalue weighted by molar-refractivity contribution is 0.0782. The molecular weight excluding hydrogens is 412 g/mol. The van der Waals surface area contributed by atoms with Crippen LogP contribution in [0.15, 0.2) is 85.3 Å². The SMILES string of the molecule is O=C(c1ccccc1-n1cccn1)N1CC2CN(c3nccc(-c4ccccc4)n3)CC2C1. The normalized spacial score (nSPS) is 19.6. The molecule has 0 spiro atoms. The molecule has 7 nitrogen and oxygen atoms in total. The molecule has 164 valence electrons. The van der Waals surface area contributed by atoms with Crippen molar-refractivity contribution < 1.29 is 4.79 Å². The molecule has 2 aromatic heterocycles. The van der Waals surface area contributed by atoms with E-state index < -0.39 is 0 Å². The minimum atomic E-state index is 0.0735. The first-order valence-corrected chi connectivity index (χ1v) is 11.3. The van der Waals surface area contributed by atoms with Gasteiger partial charge in [0.15, 0.2) is 0 Å². The van der Waals surface area contributed by atoms with Gasteiger partial charge < -0.3 is 9.80 Å². The molecule has 1 amide bonds. The molecular formula is C26H24N6O. The zero-order valence-corrected chi connectivity index (χ0v) is 18.2. The molecule has 33 heavy (non-hydrogen) atoms. The summed E-state index contributed by atoms with van der Waals surface area (Å²) in [5, 5.41) is 4.31. The number of para-hydroxylation sites is 1. The molecule has 0 N–H and O–H groups in total. The van der Waals surface area contributed by atoms with E-state index >= 15 is 0 Å². The van der Waals surface area contributed by atoms with Crippen molar-refractivity contribution in [3.63, 3.8) is 0 Å². The number of amides is 1. The Kier molecular flexibility index (Phi) is 4.87. The maximum atomic E-state index is 13.4. The quantitative estimate of drug-likeness (QED) is 0.490. The van der Waals surface area contributed by atoms with Crippen molar-refractivity contribution in [2.24, 2.45) is 11.8 Å². The Morgan fingerprint density at radius 2 is 1.58 bits per heavy atom. The lowest BCUT2D eigenvalue weighted by Gasteiger charge is -2.23. The first kappa shape index (κ1) is 19.7. The average molecular weight is 437 g/mol. The van der Waals surface area contributed by atoms with Gasteiger partial charge in [-0.1, -0.05) is 42.5 Å². The molecule has 0 radical (unpaired) electrons. The maximum absolute atomic E-state index is 13.4. The van der Waals surface area contributed by atoms with Gasteiger partial charge in [-0.25, -0.2) is 14.6 Å². The molecule has 4 aromatic rings. The Bertz CT molecular complexity index is 1260. The van der Waals surface area contributed by atoms with Crippen LogP contribution < -0.4 is 4.90 Å². The summed E-state index contributed by atoms with van der Waals surface area (Å²) in [6.45, 7) is 3.25. The molecule has 2 fully saturated rings. The van der Waals surface area contributed by atoms with Crippen LogP contribution in [-0.2, 0) is 0 Å². The average Bonchev–Trinajstić information content (AvgIpc) is 3.61. The highest BCUT2D eigenvalue weighted by Gasteiger charge is 2.42. The fourth-order valence-electron chi connectivity index (χ4n) is 5.03. The van der Waals surface area contributed by atoms with Crippen molar-refractivity contribution in [2.75, 3.05) is 31.1 Å². The first-order valence-electron chi connectivity index (χ1n) is 11.3. The molecule has 0 saturated carbocycles. The summed E-state index contributed by atoms with van der Waals surface area (Å²) < 4.78 is 1.75. The van der Waals surface area contributed by atoms with Crippen LogP contribution >= 0.6 is 0 Å². The van der Waals surface area contributed by atoms with Crippen molar-refractivity contribution in [2.45, 2.75) is 0 Å². The predicted molar refractivity (Wildman–Crippen MR) is 126 cm³/mol. The lowest BCUT2D eigenvalue weighted by Crippen LogP contribution is -2.34. The van der Waals surface area contributed by atoms with Gasteiger partial charge in [0, 0.05) is 62.2 Å². The van der Waals surface area contributed by atoms with Crippen LogP contribution in [0.1, 0.15) is 10.4 Å². The number of likely N-dealkylation sites (tertiary alicyclic amines) is 1. The van der Waals surface area contributed by atoms with Crippen LogP contribution in [0.5, 0.6) is 0 Å². The third-order valence-corrected chi connectivity index (χ3v) is 6.65. The highest BCUT2D eigenvalue weighted by molar-refractivity contribution is 5.98. The van der Waals surface area contributed by atoms with Gasteiger partial charge in [-0.05, 0) is 24.3 Å². The summed E-state index contributed by atoms with van der Waals surface area (Å²) in [7, 11) is 0. The smallest absolute Gasteiger partial charge is 0.256 e. The van der Waals surface area contributed by atoms with Crippen LogP contribution in [0.25, 0.3) is 16.9 Å². The zero-order chi connectivity index (χ0) is 22.2. The molecule has 2 aromatic carbocycles. The van der Waals surface area contributed by atoms with E-state index in [1.54, 1.807) is 10.9 Å². The van der Waals surface area contributed by atoms with Gasteiger partial charge in [-0.3, -0.25) is 4.79 Å². The zero-order valence-electron chi connectivity index (χ0n) is 18.2. The molecule has 7 heteroatoms. The van der Waals surface area contributed by atoms with E-state index in [1.165, 1.54) is 0 Å². The van der Waals surface area contributed by atoms with Gasteiger partial charge in [0.2, 0.25) is 5.95 Å². The van der Waals surface area contributed by atoms with Crippen LogP contribution in [0.3, 0.4) is 0 Å². The number of aromatic nitrogens is 4. The van der Waals surface area contributed by atoms with Crippen molar-refractivity contribution >= 4 is 11.9 Å². The van der Waals surface area contributed by atoms with Gasteiger partial charge >= 0.3 is 0 Å². The Labute approximate surface area is 192 Å². The summed E-state index contributed by atoms with van der Waals surface area (Å²) in [5.74, 6) is 1.70. The number of carbonyl (C=O) groups is 1. The van der Waals surface area contributed by atoms with E-state index in [0.717, 1.165) is 49.1 Å². The standard InChI is InChI=1S/C26H24N6O/c33-25(22-9-4-5-10-24(22)32-14-6-12-28-32)30-15-20-17-31(18-21(20)16-30)26-27-13-11-23(29-26)19-7-2-1-3-8-19/h1-14,20-21H,15-18H2. The van der Waals surface area contributed by atoms with Crippen LogP contribution in [0.2, 0.25) is 0 Å². The second-order valence-corrected chi connectivity index (χ2v) is 8.71. The van der Waals surface area contributed by atoms with Gasteiger partial charge in [0.1, 0.15) is 0 Å². The van der Waals surface area contributed by atoms with E-state index in [9.17, 15) is 4.79 Å². The van der Waals surface area contributed by atoms with E-state index in [-0.39, 0.29) is 5.91 Å². The number of anilines is 1. The fourth-order valence-corrected chi connectivity index (χ4v) is 5.03. The minimum Gasteiger partial charge on any atom is -0.340 e. The van der Waals surface area contributed by atoms with E-state index in [4.69, 9.17) is 4.98 Å². The monoisotopic (exact) mass is 436 g/mol. The summed E-state index contributed by atoms with van der Waals surface area (Å²) in [4.78, 5) is 27.0. The summed E-state index contributed by atoms with van der Waals surface area (Å²) in [6, 6.07) is 21.7. The van der Waals surface area contributed by atoms with Gasteiger partial charge in [-0.2, -0.15) is 5.10 Å². The molecule has 2 aliphatic rings. The highest BCUT2D eigenvalue weighted by Crippen LogP contribution is 2.34. The summed E-state index contributed by atoms with van der Waals surface area (Å²) in [6.07, 6.45) is 5.43. The number of benzene rings is 2. The number of hydrogen-bond acceptors (Lipinski definition) is 5. The second kappa shape index (κ2) is 8.16. The third-order valence-electron chi connectivity index (χ3n) is 6.65. The summed E-state index contributed by atoms with van der Waals surface area (Å²) >= 11 is 0. The van der Waals surface area contributed by atoms with Gasteiger partial charge in [-0.15, -0.1) is 0 Å². The summed E-state index contributed by atoms with van der Waals surface area (Å²) in [5.41, 5.74) is 3.53. The van der Waals surface area contributed by atoms with Crippen molar-refractivity contribution in [3.8, 4) is 16.9 Å². The second-order valence-electron chi connectivity index (χ2n) is 8.71. The number of fused-ring (bicyclic) bond motifs is 1. The molecule has 2 saturated heterocycles. The number of rotatable bonds is 4. The maximum Gasteiger partial charge on any atom is 0.256 e. The molecule has 2 aliphatic heterocycles. The van der Waals surface area contributed by atoms with Crippen molar-refractivity contribution in [3.05, 3.63) is 90.9 Å². The molecule has 2 unspecified atom stereocenters. The van der Waals surface area contributed by atoms with Crippen LogP contribution in [0, 0.1) is 11.8 Å². The van der Waals surface area contributed by atoms with Crippen LogP contribution in [-0.4, -0.2) is 56.7 Å². The minimum absolute atomic E-state index is 0.0735. The number of nitrogens with zero attached hydrogens (tertiary/aromatic N) is 6. The molecule has 0 aliphatic carbocycles. The largest absolute Gasteiger partial charge is 0.340 e. The lowest BCUT2D eigenvalue weighted by atomic mass is 10.0.